The van der Waals surface area contributed by atoms with Crippen LogP contribution in [-0.4, -0.2) is 35.3 Å². The molecule has 2 N–H and O–H groups in total. The first-order chi connectivity index (χ1) is 8.98. The highest BCUT2D eigenvalue weighted by Crippen LogP contribution is 2.34. The Bertz CT molecular complexity index is 449. The number of hydrogen-bond donors (Lipinski definition) is 2. The lowest BCUT2D eigenvalue weighted by Gasteiger charge is -2.31. The smallest absolute Gasteiger partial charge is 0.135 e. The Morgan fingerprint density at radius 2 is 2.05 bits per heavy atom. The molecule has 19 heavy (non-hydrogen) atoms. The standard InChI is InChI=1S/C14H24N4O/c1-9(2)11-12(15-5)16-8-17-13(11)18-14(4)6-7-19-10(14)3/h8-10H,6-7H2,1-5H3,(H2,15,16,17,18). The van der Waals surface area contributed by atoms with Crippen molar-refractivity contribution in [2.45, 2.75) is 51.7 Å². The van der Waals surface area contributed by atoms with Gasteiger partial charge in [-0.05, 0) is 26.2 Å². The van der Waals surface area contributed by atoms with Crippen molar-refractivity contribution in [1.82, 2.24) is 9.97 Å². The molecule has 2 atom stereocenters. The van der Waals surface area contributed by atoms with Crippen molar-refractivity contribution in [1.29, 1.82) is 0 Å². The van der Waals surface area contributed by atoms with Crippen LogP contribution in [0.15, 0.2) is 6.33 Å². The maximum absolute atomic E-state index is 5.68. The van der Waals surface area contributed by atoms with Gasteiger partial charge in [-0.25, -0.2) is 9.97 Å². The summed E-state index contributed by atoms with van der Waals surface area (Å²) >= 11 is 0. The van der Waals surface area contributed by atoms with E-state index in [-0.39, 0.29) is 11.6 Å². The molecule has 1 aliphatic rings. The lowest BCUT2D eigenvalue weighted by Crippen LogP contribution is -2.41. The number of aromatic nitrogens is 2. The molecule has 5 heteroatoms. The molecule has 1 aromatic rings. The summed E-state index contributed by atoms with van der Waals surface area (Å²) in [7, 11) is 1.89. The Hall–Kier alpha value is -1.36. The quantitative estimate of drug-likeness (QED) is 0.875. The van der Waals surface area contributed by atoms with Crippen LogP contribution in [0, 0.1) is 0 Å². The third kappa shape index (κ3) is 2.66. The van der Waals surface area contributed by atoms with Gasteiger partial charge >= 0.3 is 0 Å². The first kappa shape index (κ1) is 14.1. The molecular formula is C14H24N4O. The minimum atomic E-state index is -0.0665. The van der Waals surface area contributed by atoms with Crippen LogP contribution >= 0.6 is 0 Å². The van der Waals surface area contributed by atoms with Crippen LogP contribution in [0.25, 0.3) is 0 Å². The van der Waals surface area contributed by atoms with Gasteiger partial charge in [-0.1, -0.05) is 13.8 Å². The molecular weight excluding hydrogens is 240 g/mol. The second-order valence-electron chi connectivity index (χ2n) is 5.69. The maximum Gasteiger partial charge on any atom is 0.135 e. The molecule has 0 aromatic carbocycles. The van der Waals surface area contributed by atoms with Gasteiger partial charge in [-0.3, -0.25) is 0 Å². The van der Waals surface area contributed by atoms with Crippen molar-refractivity contribution in [2.24, 2.45) is 0 Å². The summed E-state index contributed by atoms with van der Waals surface area (Å²) in [6.07, 6.45) is 2.77. The SMILES string of the molecule is CNc1ncnc(NC2(C)CCOC2C)c1C(C)C. The van der Waals surface area contributed by atoms with Gasteiger partial charge in [0.15, 0.2) is 0 Å². The second-order valence-corrected chi connectivity index (χ2v) is 5.69. The fourth-order valence-corrected chi connectivity index (χ4v) is 2.51. The summed E-state index contributed by atoms with van der Waals surface area (Å²) in [5.41, 5.74) is 1.06. The monoisotopic (exact) mass is 264 g/mol. The topological polar surface area (TPSA) is 59.1 Å². The molecule has 1 fully saturated rings. The predicted molar refractivity (Wildman–Crippen MR) is 77.7 cm³/mol. The zero-order valence-electron chi connectivity index (χ0n) is 12.4. The van der Waals surface area contributed by atoms with Crippen molar-refractivity contribution < 1.29 is 4.74 Å². The Morgan fingerprint density at radius 1 is 1.37 bits per heavy atom. The number of anilines is 2. The summed E-state index contributed by atoms with van der Waals surface area (Å²) in [5, 5.41) is 6.72. The van der Waals surface area contributed by atoms with Crippen molar-refractivity contribution in [2.75, 3.05) is 24.3 Å². The minimum absolute atomic E-state index is 0.0665. The number of nitrogens with one attached hydrogen (secondary N) is 2. The van der Waals surface area contributed by atoms with Gasteiger partial charge in [0.1, 0.15) is 18.0 Å². The van der Waals surface area contributed by atoms with Gasteiger partial charge in [0.05, 0.1) is 11.6 Å². The molecule has 106 valence electrons. The molecule has 0 radical (unpaired) electrons. The van der Waals surface area contributed by atoms with Crippen LogP contribution in [0.1, 0.15) is 45.6 Å². The third-order valence-electron chi connectivity index (χ3n) is 3.99. The first-order valence-electron chi connectivity index (χ1n) is 6.90. The summed E-state index contributed by atoms with van der Waals surface area (Å²) in [6.45, 7) is 9.40. The molecule has 0 bridgehead atoms. The van der Waals surface area contributed by atoms with Crippen LogP contribution in [0.5, 0.6) is 0 Å². The van der Waals surface area contributed by atoms with E-state index >= 15 is 0 Å². The van der Waals surface area contributed by atoms with Crippen molar-refractivity contribution in [3.05, 3.63) is 11.9 Å². The van der Waals surface area contributed by atoms with E-state index in [9.17, 15) is 0 Å². The number of rotatable bonds is 4. The predicted octanol–water partition coefficient (Wildman–Crippen LogP) is 2.62. The Kier molecular flexibility index (Phi) is 3.94. The van der Waals surface area contributed by atoms with Crippen LogP contribution in [0.4, 0.5) is 11.6 Å². The summed E-state index contributed by atoms with van der Waals surface area (Å²) in [4.78, 5) is 8.74. The van der Waals surface area contributed by atoms with Gasteiger partial charge in [0.2, 0.25) is 0 Å². The van der Waals surface area contributed by atoms with Crippen molar-refractivity contribution in [3.63, 3.8) is 0 Å². The van der Waals surface area contributed by atoms with E-state index in [0.29, 0.717) is 5.92 Å². The van der Waals surface area contributed by atoms with Gasteiger partial charge in [-0.2, -0.15) is 0 Å². The summed E-state index contributed by atoms with van der Waals surface area (Å²) in [6, 6.07) is 0. The molecule has 1 aliphatic heterocycles. The van der Waals surface area contributed by atoms with E-state index in [4.69, 9.17) is 4.74 Å². The third-order valence-corrected chi connectivity index (χ3v) is 3.99. The van der Waals surface area contributed by atoms with E-state index in [2.05, 4.69) is 48.3 Å². The van der Waals surface area contributed by atoms with Crippen LogP contribution in [0.2, 0.25) is 0 Å². The fraction of sp³-hybridized carbons (Fsp3) is 0.714. The van der Waals surface area contributed by atoms with Gasteiger partial charge in [0, 0.05) is 19.2 Å². The molecule has 2 unspecified atom stereocenters. The molecule has 2 heterocycles. The summed E-state index contributed by atoms with van der Waals surface area (Å²) < 4.78 is 5.68. The van der Waals surface area contributed by atoms with E-state index in [1.54, 1.807) is 6.33 Å². The highest BCUT2D eigenvalue weighted by Gasteiger charge is 2.38. The van der Waals surface area contributed by atoms with Crippen LogP contribution in [-0.2, 0) is 4.74 Å². The molecule has 0 amide bonds. The average molecular weight is 264 g/mol. The number of hydrogen-bond acceptors (Lipinski definition) is 5. The van der Waals surface area contributed by atoms with E-state index in [1.807, 2.05) is 7.05 Å². The molecule has 0 spiro atoms. The van der Waals surface area contributed by atoms with E-state index in [1.165, 1.54) is 0 Å². The van der Waals surface area contributed by atoms with Crippen LogP contribution in [0.3, 0.4) is 0 Å². The number of nitrogens with zero attached hydrogens (tertiary/aromatic N) is 2. The van der Waals surface area contributed by atoms with Gasteiger partial charge < -0.3 is 15.4 Å². The van der Waals surface area contributed by atoms with Crippen molar-refractivity contribution >= 4 is 11.6 Å². The fourth-order valence-electron chi connectivity index (χ4n) is 2.51. The zero-order valence-corrected chi connectivity index (χ0v) is 12.4. The van der Waals surface area contributed by atoms with E-state index in [0.717, 1.165) is 30.2 Å². The zero-order chi connectivity index (χ0) is 14.0. The highest BCUT2D eigenvalue weighted by molar-refractivity contribution is 5.59. The molecule has 1 aromatic heterocycles. The van der Waals surface area contributed by atoms with Gasteiger partial charge in [0.25, 0.3) is 0 Å². The van der Waals surface area contributed by atoms with E-state index < -0.39 is 0 Å². The minimum Gasteiger partial charge on any atom is -0.376 e. The Morgan fingerprint density at radius 3 is 2.58 bits per heavy atom. The maximum atomic E-state index is 5.68. The molecule has 0 saturated carbocycles. The second kappa shape index (κ2) is 5.33. The van der Waals surface area contributed by atoms with Gasteiger partial charge in [-0.15, -0.1) is 0 Å². The first-order valence-corrected chi connectivity index (χ1v) is 6.90. The lowest BCUT2D eigenvalue weighted by atomic mass is 9.93. The summed E-state index contributed by atoms with van der Waals surface area (Å²) in [5.74, 6) is 2.16. The molecule has 5 nitrogen and oxygen atoms in total. The molecule has 0 aliphatic carbocycles. The Labute approximate surface area is 115 Å². The normalized spacial score (nSPS) is 26.7. The Balaban J connectivity index is 2.34. The lowest BCUT2D eigenvalue weighted by molar-refractivity contribution is 0.105. The number of ether oxygens (including phenoxy) is 1. The largest absolute Gasteiger partial charge is 0.376 e. The van der Waals surface area contributed by atoms with Crippen LogP contribution < -0.4 is 10.6 Å². The molecule has 1 saturated heterocycles. The average Bonchev–Trinajstić information content (AvgIpc) is 2.68. The highest BCUT2D eigenvalue weighted by atomic mass is 16.5. The molecule has 2 rings (SSSR count). The van der Waals surface area contributed by atoms with Crippen molar-refractivity contribution in [3.8, 4) is 0 Å².